The van der Waals surface area contributed by atoms with Crippen LogP contribution in [0.25, 0.3) is 0 Å². The summed E-state index contributed by atoms with van der Waals surface area (Å²) in [4.78, 5) is 14.8. The Balaban J connectivity index is 1.53. The number of aromatic nitrogens is 1. The third-order valence-corrected chi connectivity index (χ3v) is 5.42. The van der Waals surface area contributed by atoms with Gasteiger partial charge in [0, 0.05) is 24.1 Å². The minimum Gasteiger partial charge on any atom is -0.486 e. The third-order valence-electron chi connectivity index (χ3n) is 4.55. The van der Waals surface area contributed by atoms with Crippen molar-refractivity contribution in [3.8, 4) is 5.75 Å². The summed E-state index contributed by atoms with van der Waals surface area (Å²) < 4.78 is 5.73. The molecular weight excluding hydrogens is 406 g/mol. The van der Waals surface area contributed by atoms with Gasteiger partial charge in [0.25, 0.3) is 5.69 Å². The number of rotatable bonds is 10. The zero-order chi connectivity index (χ0) is 21.5. The highest BCUT2D eigenvalue weighted by Crippen LogP contribution is 2.21. The maximum absolute atomic E-state index is 10.7. The molecule has 1 aromatic heterocycles. The molecule has 0 aliphatic rings. The van der Waals surface area contributed by atoms with Gasteiger partial charge in [0.05, 0.1) is 29.4 Å². The van der Waals surface area contributed by atoms with Gasteiger partial charge in [-0.3, -0.25) is 10.1 Å². The second-order valence-electron chi connectivity index (χ2n) is 6.80. The standard InChI is InChI=1S/C21H23N3O5S/c1-14-2-8-18(9-3-14)29-12-20-23-16(13-30-20)10-22-19(11-25)21(26)15-4-6-17(7-5-15)24(27)28/h2-9,13,19,21-22,25-26H,10-12H2,1H3. The molecule has 0 radical (unpaired) electrons. The van der Waals surface area contributed by atoms with Crippen LogP contribution in [0.15, 0.2) is 53.9 Å². The Morgan fingerprint density at radius 3 is 2.53 bits per heavy atom. The Hall–Kier alpha value is -2.85. The predicted molar refractivity (Wildman–Crippen MR) is 113 cm³/mol. The number of nitro groups is 1. The first-order chi connectivity index (χ1) is 14.5. The molecule has 0 saturated carbocycles. The van der Waals surface area contributed by atoms with Crippen LogP contribution in [0.4, 0.5) is 5.69 Å². The Morgan fingerprint density at radius 2 is 1.90 bits per heavy atom. The number of nitrogens with zero attached hydrogens (tertiary/aromatic N) is 2. The van der Waals surface area contributed by atoms with Crippen molar-refractivity contribution in [2.75, 3.05) is 6.61 Å². The molecule has 0 aliphatic carbocycles. The lowest BCUT2D eigenvalue weighted by atomic mass is 10.0. The highest BCUT2D eigenvalue weighted by molar-refractivity contribution is 7.09. The molecule has 0 amide bonds. The van der Waals surface area contributed by atoms with Crippen LogP contribution >= 0.6 is 11.3 Å². The van der Waals surface area contributed by atoms with Gasteiger partial charge in [-0.15, -0.1) is 11.3 Å². The predicted octanol–water partition coefficient (Wildman–Crippen LogP) is 3.12. The Bertz CT molecular complexity index is 960. The average molecular weight is 429 g/mol. The van der Waals surface area contributed by atoms with E-state index in [1.807, 2.05) is 36.6 Å². The zero-order valence-corrected chi connectivity index (χ0v) is 17.2. The molecule has 0 aliphatic heterocycles. The summed E-state index contributed by atoms with van der Waals surface area (Å²) in [7, 11) is 0. The van der Waals surface area contributed by atoms with Crippen molar-refractivity contribution >= 4 is 17.0 Å². The number of aliphatic hydroxyl groups is 2. The van der Waals surface area contributed by atoms with Crippen LogP contribution in [0, 0.1) is 17.0 Å². The highest BCUT2D eigenvalue weighted by atomic mass is 32.1. The molecule has 0 bridgehead atoms. The third kappa shape index (κ3) is 5.83. The van der Waals surface area contributed by atoms with Gasteiger partial charge in [-0.1, -0.05) is 17.7 Å². The van der Waals surface area contributed by atoms with Crippen LogP contribution in [0.2, 0.25) is 0 Å². The first-order valence-corrected chi connectivity index (χ1v) is 10.2. The second-order valence-corrected chi connectivity index (χ2v) is 7.74. The maximum Gasteiger partial charge on any atom is 0.269 e. The molecule has 0 fully saturated rings. The van der Waals surface area contributed by atoms with Gasteiger partial charge in [-0.05, 0) is 36.8 Å². The molecule has 2 atom stereocenters. The fourth-order valence-corrected chi connectivity index (χ4v) is 3.52. The summed E-state index contributed by atoms with van der Waals surface area (Å²) in [5, 5.41) is 36.7. The monoisotopic (exact) mass is 429 g/mol. The smallest absolute Gasteiger partial charge is 0.269 e. The van der Waals surface area contributed by atoms with Crippen LogP contribution in [-0.2, 0) is 13.2 Å². The SMILES string of the molecule is Cc1ccc(OCc2nc(CNC(CO)C(O)c3ccc([N+](=O)[O-])cc3)cs2)cc1. The Kier molecular flexibility index (Phi) is 7.47. The number of non-ortho nitro benzene ring substituents is 1. The van der Waals surface area contributed by atoms with E-state index in [9.17, 15) is 20.3 Å². The van der Waals surface area contributed by atoms with Crippen molar-refractivity contribution in [2.24, 2.45) is 0 Å². The van der Waals surface area contributed by atoms with Crippen LogP contribution < -0.4 is 10.1 Å². The number of aliphatic hydroxyl groups excluding tert-OH is 2. The summed E-state index contributed by atoms with van der Waals surface area (Å²) in [6.45, 7) is 2.44. The van der Waals surface area contributed by atoms with Gasteiger partial charge in [-0.2, -0.15) is 0 Å². The van der Waals surface area contributed by atoms with E-state index >= 15 is 0 Å². The largest absolute Gasteiger partial charge is 0.486 e. The molecule has 3 rings (SSSR count). The molecule has 9 heteroatoms. The number of nitro benzene ring substituents is 1. The van der Waals surface area contributed by atoms with Gasteiger partial charge in [0.15, 0.2) is 0 Å². The first-order valence-electron chi connectivity index (χ1n) is 9.35. The lowest BCUT2D eigenvalue weighted by molar-refractivity contribution is -0.384. The molecule has 8 nitrogen and oxygen atoms in total. The summed E-state index contributed by atoms with van der Waals surface area (Å²) >= 11 is 1.48. The minimum absolute atomic E-state index is 0.0534. The zero-order valence-electron chi connectivity index (χ0n) is 16.4. The number of ether oxygens (including phenoxy) is 1. The normalized spacial score (nSPS) is 13.0. The molecule has 158 valence electrons. The lowest BCUT2D eigenvalue weighted by Gasteiger charge is -2.22. The molecule has 3 N–H and O–H groups in total. The number of benzene rings is 2. The van der Waals surface area contributed by atoms with E-state index in [2.05, 4.69) is 10.3 Å². The average Bonchev–Trinajstić information content (AvgIpc) is 3.21. The molecular formula is C21H23N3O5S. The van der Waals surface area contributed by atoms with Crippen LogP contribution in [-0.4, -0.2) is 32.8 Å². The van der Waals surface area contributed by atoms with E-state index in [0.717, 1.165) is 16.5 Å². The van der Waals surface area contributed by atoms with E-state index < -0.39 is 17.1 Å². The summed E-state index contributed by atoms with van der Waals surface area (Å²) in [6.07, 6.45) is -1.02. The molecule has 30 heavy (non-hydrogen) atoms. The van der Waals surface area contributed by atoms with Gasteiger partial charge >= 0.3 is 0 Å². The van der Waals surface area contributed by atoms with Gasteiger partial charge in [-0.25, -0.2) is 4.98 Å². The van der Waals surface area contributed by atoms with E-state index in [1.54, 1.807) is 0 Å². The molecule has 3 aromatic rings. The number of hydrogen-bond acceptors (Lipinski definition) is 8. The van der Waals surface area contributed by atoms with Crippen molar-refractivity contribution in [3.05, 3.63) is 85.9 Å². The van der Waals surface area contributed by atoms with Gasteiger partial charge in [0.2, 0.25) is 0 Å². The first kappa shape index (κ1) is 21.8. The highest BCUT2D eigenvalue weighted by Gasteiger charge is 2.21. The van der Waals surface area contributed by atoms with Gasteiger partial charge < -0.3 is 20.3 Å². The Morgan fingerprint density at radius 1 is 1.20 bits per heavy atom. The van der Waals surface area contributed by atoms with Crippen molar-refractivity contribution in [2.45, 2.75) is 32.2 Å². The van der Waals surface area contributed by atoms with Crippen molar-refractivity contribution in [1.82, 2.24) is 10.3 Å². The fourth-order valence-electron chi connectivity index (χ4n) is 2.81. The molecule has 2 aromatic carbocycles. The number of hydrogen-bond donors (Lipinski definition) is 3. The number of nitrogens with one attached hydrogen (secondary N) is 1. The fraction of sp³-hybridized carbons (Fsp3) is 0.286. The maximum atomic E-state index is 10.7. The van der Waals surface area contributed by atoms with Crippen molar-refractivity contribution < 1.29 is 19.9 Å². The van der Waals surface area contributed by atoms with Crippen LogP contribution in [0.3, 0.4) is 0 Å². The van der Waals surface area contributed by atoms with Gasteiger partial charge in [0.1, 0.15) is 17.4 Å². The summed E-state index contributed by atoms with van der Waals surface area (Å²) in [5.41, 5.74) is 2.37. The quantitative estimate of drug-likeness (QED) is 0.335. The van der Waals surface area contributed by atoms with Crippen molar-refractivity contribution in [1.29, 1.82) is 0 Å². The van der Waals surface area contributed by atoms with Crippen LogP contribution in [0.5, 0.6) is 5.75 Å². The minimum atomic E-state index is -1.02. The van der Waals surface area contributed by atoms with E-state index in [4.69, 9.17) is 4.74 Å². The number of aryl methyl sites for hydroxylation is 1. The second kappa shape index (κ2) is 10.3. The topological polar surface area (TPSA) is 118 Å². The van der Waals surface area contributed by atoms with E-state index in [1.165, 1.54) is 41.2 Å². The summed E-state index contributed by atoms with van der Waals surface area (Å²) in [6, 6.07) is 12.8. The lowest BCUT2D eigenvalue weighted by Crippen LogP contribution is -2.37. The Labute approximate surface area is 178 Å². The van der Waals surface area contributed by atoms with E-state index in [0.29, 0.717) is 18.7 Å². The molecule has 2 unspecified atom stereocenters. The molecule has 0 spiro atoms. The molecule has 1 heterocycles. The molecule has 0 saturated heterocycles. The number of thiazole rings is 1. The summed E-state index contributed by atoms with van der Waals surface area (Å²) in [5.74, 6) is 0.780. The van der Waals surface area contributed by atoms with Crippen LogP contribution in [0.1, 0.15) is 27.9 Å². The van der Waals surface area contributed by atoms with Crippen molar-refractivity contribution in [3.63, 3.8) is 0 Å². The van der Waals surface area contributed by atoms with E-state index in [-0.39, 0.29) is 12.3 Å².